The summed E-state index contributed by atoms with van der Waals surface area (Å²) < 4.78 is 37.9. The lowest BCUT2D eigenvalue weighted by molar-refractivity contribution is -0.122. The van der Waals surface area contributed by atoms with E-state index in [0.29, 0.717) is 44.4 Å². The summed E-state index contributed by atoms with van der Waals surface area (Å²) in [4.78, 5) is 14.1. The molecule has 2 rings (SSSR count). The van der Waals surface area contributed by atoms with Crippen molar-refractivity contribution < 1.29 is 22.7 Å². The molecular weight excluding hydrogens is 382 g/mol. The van der Waals surface area contributed by atoms with Crippen molar-refractivity contribution in [1.29, 1.82) is 0 Å². The van der Waals surface area contributed by atoms with Crippen LogP contribution in [0.1, 0.15) is 20.3 Å². The van der Waals surface area contributed by atoms with Gasteiger partial charge >= 0.3 is 0 Å². The highest BCUT2D eigenvalue weighted by Gasteiger charge is 2.31. The number of piperazine rings is 1. The Morgan fingerprint density at radius 1 is 1.14 bits per heavy atom. The van der Waals surface area contributed by atoms with Crippen LogP contribution in [0, 0.1) is 5.92 Å². The molecule has 0 bridgehead atoms. The minimum atomic E-state index is -3.71. The number of ether oxygens (including phenoxy) is 2. The van der Waals surface area contributed by atoms with Crippen molar-refractivity contribution in [2.75, 3.05) is 53.5 Å². The van der Waals surface area contributed by atoms with E-state index in [1.807, 2.05) is 4.90 Å². The summed E-state index contributed by atoms with van der Waals surface area (Å²) in [6.07, 6.45) is 0.945. The fourth-order valence-corrected chi connectivity index (χ4v) is 4.60. The summed E-state index contributed by atoms with van der Waals surface area (Å²) >= 11 is 0. The van der Waals surface area contributed by atoms with Gasteiger partial charge in [-0.15, -0.1) is 0 Å². The number of carbonyl (C=O) groups is 1. The Morgan fingerprint density at radius 2 is 1.82 bits per heavy atom. The molecule has 1 aromatic carbocycles. The molecule has 0 saturated carbocycles. The Kier molecular flexibility index (Phi) is 8.09. The Bertz CT molecular complexity index is 759. The summed E-state index contributed by atoms with van der Waals surface area (Å²) in [6, 6.07) is 4.72. The van der Waals surface area contributed by atoms with Crippen molar-refractivity contribution in [1.82, 2.24) is 14.5 Å². The van der Waals surface area contributed by atoms with Crippen LogP contribution < -0.4 is 14.8 Å². The van der Waals surface area contributed by atoms with Gasteiger partial charge in [-0.1, -0.05) is 13.8 Å². The predicted octanol–water partition coefficient (Wildman–Crippen LogP) is 1.17. The number of carbonyl (C=O) groups excluding carboxylic acids is 1. The van der Waals surface area contributed by atoms with Crippen molar-refractivity contribution in [3.63, 3.8) is 0 Å². The molecule has 9 heteroatoms. The van der Waals surface area contributed by atoms with Gasteiger partial charge in [-0.05, 0) is 24.5 Å². The molecule has 0 aromatic heterocycles. The Labute approximate surface area is 167 Å². The van der Waals surface area contributed by atoms with E-state index >= 15 is 0 Å². The first-order valence-electron chi connectivity index (χ1n) is 9.49. The zero-order valence-electron chi connectivity index (χ0n) is 17.1. The zero-order chi connectivity index (χ0) is 20.7. The number of hydrogen-bond donors (Lipinski definition) is 1. The predicted molar refractivity (Wildman–Crippen MR) is 107 cm³/mol. The highest BCUT2D eigenvalue weighted by Crippen LogP contribution is 2.31. The number of amides is 1. The van der Waals surface area contributed by atoms with E-state index in [1.54, 1.807) is 12.1 Å². The molecule has 0 atom stereocenters. The summed E-state index contributed by atoms with van der Waals surface area (Å²) in [5.74, 6) is 1.26. The minimum absolute atomic E-state index is 0.0218. The standard InChI is InChI=1S/C19H31N3O5S/c1-15(2)7-8-20-19(23)14-21-9-11-22(12-10-21)28(24,25)18-13-16(26-3)5-6-17(18)27-4/h5-6,13,15H,7-12,14H2,1-4H3,(H,20,23). The monoisotopic (exact) mass is 413 g/mol. The SMILES string of the molecule is COc1ccc(OC)c(S(=O)(=O)N2CCN(CC(=O)NCCC(C)C)CC2)c1. The average Bonchev–Trinajstić information content (AvgIpc) is 2.67. The molecule has 158 valence electrons. The molecular formula is C19H31N3O5S. The molecule has 8 nitrogen and oxygen atoms in total. The number of methoxy groups -OCH3 is 2. The van der Waals surface area contributed by atoms with Crippen LogP contribution in [0.3, 0.4) is 0 Å². The zero-order valence-corrected chi connectivity index (χ0v) is 17.9. The van der Waals surface area contributed by atoms with E-state index in [0.717, 1.165) is 6.42 Å². The smallest absolute Gasteiger partial charge is 0.246 e. The average molecular weight is 414 g/mol. The first-order valence-corrected chi connectivity index (χ1v) is 10.9. The molecule has 0 radical (unpaired) electrons. The molecule has 0 aliphatic carbocycles. The second-order valence-corrected chi connectivity index (χ2v) is 9.14. The summed E-state index contributed by atoms with van der Waals surface area (Å²) in [5.41, 5.74) is 0. The summed E-state index contributed by atoms with van der Waals surface area (Å²) in [5, 5.41) is 2.91. The first kappa shape index (κ1) is 22.4. The maximum Gasteiger partial charge on any atom is 0.246 e. The van der Waals surface area contributed by atoms with E-state index in [-0.39, 0.29) is 23.1 Å². The van der Waals surface area contributed by atoms with Crippen molar-refractivity contribution in [2.45, 2.75) is 25.2 Å². The van der Waals surface area contributed by atoms with Crippen molar-refractivity contribution in [2.24, 2.45) is 5.92 Å². The Hall–Kier alpha value is -1.84. The third-order valence-electron chi connectivity index (χ3n) is 4.73. The number of sulfonamides is 1. The van der Waals surface area contributed by atoms with Gasteiger partial charge in [-0.25, -0.2) is 8.42 Å². The Balaban J connectivity index is 1.96. The van der Waals surface area contributed by atoms with Gasteiger partial charge in [-0.3, -0.25) is 9.69 Å². The van der Waals surface area contributed by atoms with Crippen LogP contribution in [0.2, 0.25) is 0 Å². The number of nitrogens with zero attached hydrogens (tertiary/aromatic N) is 2. The van der Waals surface area contributed by atoms with Crippen LogP contribution in [0.5, 0.6) is 11.5 Å². The maximum atomic E-state index is 13.1. The van der Waals surface area contributed by atoms with Crippen LogP contribution in [0.25, 0.3) is 0 Å². The summed E-state index contributed by atoms with van der Waals surface area (Å²) in [7, 11) is -0.781. The van der Waals surface area contributed by atoms with Crippen LogP contribution in [-0.2, 0) is 14.8 Å². The largest absolute Gasteiger partial charge is 0.497 e. The lowest BCUT2D eigenvalue weighted by Gasteiger charge is -2.33. The van der Waals surface area contributed by atoms with Gasteiger partial charge in [0.1, 0.15) is 16.4 Å². The second-order valence-electron chi connectivity index (χ2n) is 7.23. The fraction of sp³-hybridized carbons (Fsp3) is 0.632. The molecule has 28 heavy (non-hydrogen) atoms. The van der Waals surface area contributed by atoms with Gasteiger partial charge < -0.3 is 14.8 Å². The molecule has 1 aliphatic rings. The summed E-state index contributed by atoms with van der Waals surface area (Å²) in [6.45, 7) is 6.83. The molecule has 1 saturated heterocycles. The van der Waals surface area contributed by atoms with Gasteiger partial charge in [0.15, 0.2) is 0 Å². The van der Waals surface area contributed by atoms with E-state index in [2.05, 4.69) is 19.2 Å². The first-order chi connectivity index (χ1) is 13.3. The van der Waals surface area contributed by atoms with Gasteiger partial charge in [0, 0.05) is 38.8 Å². The van der Waals surface area contributed by atoms with E-state index in [4.69, 9.17) is 9.47 Å². The van der Waals surface area contributed by atoms with E-state index in [9.17, 15) is 13.2 Å². The molecule has 1 N–H and O–H groups in total. The molecule has 1 aromatic rings. The fourth-order valence-electron chi connectivity index (χ4n) is 3.01. The van der Waals surface area contributed by atoms with E-state index in [1.165, 1.54) is 24.6 Å². The lowest BCUT2D eigenvalue weighted by Crippen LogP contribution is -2.51. The van der Waals surface area contributed by atoms with Crippen molar-refractivity contribution in [3.8, 4) is 11.5 Å². The quantitative estimate of drug-likeness (QED) is 0.654. The van der Waals surface area contributed by atoms with Gasteiger partial charge in [0.05, 0.1) is 20.8 Å². The third-order valence-corrected chi connectivity index (χ3v) is 6.65. The van der Waals surface area contributed by atoms with Crippen LogP contribution >= 0.6 is 0 Å². The number of benzene rings is 1. The normalized spacial score (nSPS) is 16.2. The third kappa shape index (κ3) is 5.83. The molecule has 1 fully saturated rings. The van der Waals surface area contributed by atoms with Crippen molar-refractivity contribution >= 4 is 15.9 Å². The second kappa shape index (κ2) is 10.1. The van der Waals surface area contributed by atoms with Gasteiger partial charge in [-0.2, -0.15) is 4.31 Å². The molecule has 0 unspecified atom stereocenters. The molecule has 1 amide bonds. The van der Waals surface area contributed by atoms with Crippen LogP contribution in [0.15, 0.2) is 23.1 Å². The lowest BCUT2D eigenvalue weighted by atomic mass is 10.1. The minimum Gasteiger partial charge on any atom is -0.497 e. The van der Waals surface area contributed by atoms with Crippen LogP contribution in [-0.4, -0.2) is 77.0 Å². The van der Waals surface area contributed by atoms with Gasteiger partial charge in [0.25, 0.3) is 0 Å². The van der Waals surface area contributed by atoms with Gasteiger partial charge in [0.2, 0.25) is 15.9 Å². The van der Waals surface area contributed by atoms with E-state index < -0.39 is 10.0 Å². The maximum absolute atomic E-state index is 13.1. The Morgan fingerprint density at radius 3 is 2.39 bits per heavy atom. The highest BCUT2D eigenvalue weighted by molar-refractivity contribution is 7.89. The number of nitrogens with one attached hydrogen (secondary N) is 1. The topological polar surface area (TPSA) is 88.2 Å². The van der Waals surface area contributed by atoms with Crippen LogP contribution in [0.4, 0.5) is 0 Å². The molecule has 1 aliphatic heterocycles. The van der Waals surface area contributed by atoms with Crippen molar-refractivity contribution in [3.05, 3.63) is 18.2 Å². The highest BCUT2D eigenvalue weighted by atomic mass is 32.2. The molecule has 0 spiro atoms. The molecule has 1 heterocycles. The number of hydrogen-bond acceptors (Lipinski definition) is 6. The number of rotatable bonds is 9.